The van der Waals surface area contributed by atoms with Gasteiger partial charge in [-0.25, -0.2) is 0 Å². The van der Waals surface area contributed by atoms with Crippen LogP contribution in [0.2, 0.25) is 0 Å². The maximum atomic E-state index is 11.7. The molecule has 2 amide bonds. The number of carbonyl (C=O) groups is 2. The summed E-state index contributed by atoms with van der Waals surface area (Å²) in [5, 5.41) is 11.6. The Balaban J connectivity index is 2.64. The van der Waals surface area contributed by atoms with Crippen LogP contribution in [0, 0.1) is 17.2 Å². The average Bonchev–Trinajstić information content (AvgIpc) is 2.45. The number of amides is 2. The Morgan fingerprint density at radius 2 is 1.90 bits per heavy atom. The van der Waals surface area contributed by atoms with E-state index in [1.54, 1.807) is 24.3 Å². The molecule has 0 saturated carbocycles. The lowest BCUT2D eigenvalue weighted by Crippen LogP contribution is -2.34. The normalized spacial score (nSPS) is 10.0. The fraction of sp³-hybridized carbons (Fsp3) is 0.438. The first-order valence-corrected chi connectivity index (χ1v) is 6.99. The lowest BCUT2D eigenvalue weighted by Gasteiger charge is -2.21. The summed E-state index contributed by atoms with van der Waals surface area (Å²) in [4.78, 5) is 25.0. The molecule has 0 unspecified atom stereocenters. The first kappa shape index (κ1) is 16.7. The van der Waals surface area contributed by atoms with Gasteiger partial charge in [-0.05, 0) is 30.2 Å². The van der Waals surface area contributed by atoms with E-state index in [0.29, 0.717) is 30.3 Å². The summed E-state index contributed by atoms with van der Waals surface area (Å²) in [5.74, 6) is 0.205. The highest BCUT2D eigenvalue weighted by molar-refractivity contribution is 5.92. The van der Waals surface area contributed by atoms with Crippen molar-refractivity contribution >= 4 is 17.5 Å². The molecule has 112 valence electrons. The molecular weight excluding hydrogens is 266 g/mol. The zero-order valence-electron chi connectivity index (χ0n) is 12.7. The van der Waals surface area contributed by atoms with E-state index in [1.165, 1.54) is 11.8 Å². The molecule has 0 heterocycles. The van der Waals surface area contributed by atoms with Crippen molar-refractivity contribution in [1.82, 2.24) is 5.32 Å². The summed E-state index contributed by atoms with van der Waals surface area (Å²) in [6.07, 6.45) is 0.256. The summed E-state index contributed by atoms with van der Waals surface area (Å²) >= 11 is 0. The highest BCUT2D eigenvalue weighted by Gasteiger charge is 2.13. The van der Waals surface area contributed by atoms with Gasteiger partial charge in [-0.2, -0.15) is 5.26 Å². The number of carbonyl (C=O) groups excluding carboxylic acids is 2. The Morgan fingerprint density at radius 3 is 2.38 bits per heavy atom. The van der Waals surface area contributed by atoms with E-state index < -0.39 is 0 Å². The molecule has 1 rings (SSSR count). The Kier molecular flexibility index (Phi) is 6.41. The molecule has 0 radical (unpaired) electrons. The van der Waals surface area contributed by atoms with Gasteiger partial charge >= 0.3 is 0 Å². The van der Waals surface area contributed by atoms with Crippen LogP contribution >= 0.6 is 0 Å². The minimum Gasteiger partial charge on any atom is -0.356 e. The SMILES string of the molecule is CC(=O)N(CCC(=O)NCC(C)C)c1ccc(C#N)cc1. The van der Waals surface area contributed by atoms with Crippen LogP contribution in [0.15, 0.2) is 24.3 Å². The fourth-order valence-electron chi connectivity index (χ4n) is 1.80. The van der Waals surface area contributed by atoms with Crippen molar-refractivity contribution in [1.29, 1.82) is 5.26 Å². The molecule has 0 bridgehead atoms. The molecule has 0 atom stereocenters. The average molecular weight is 287 g/mol. The van der Waals surface area contributed by atoms with Crippen molar-refractivity contribution in [2.75, 3.05) is 18.0 Å². The third-order valence-electron chi connectivity index (χ3n) is 2.96. The maximum Gasteiger partial charge on any atom is 0.223 e. The van der Waals surface area contributed by atoms with Gasteiger partial charge in [-0.3, -0.25) is 9.59 Å². The molecule has 5 nitrogen and oxygen atoms in total. The third-order valence-corrected chi connectivity index (χ3v) is 2.96. The molecule has 0 fully saturated rings. The summed E-state index contributed by atoms with van der Waals surface area (Å²) in [7, 11) is 0. The molecule has 0 aliphatic carbocycles. The molecule has 21 heavy (non-hydrogen) atoms. The second kappa shape index (κ2) is 8.05. The predicted octanol–water partition coefficient (Wildman–Crippen LogP) is 2.07. The zero-order valence-corrected chi connectivity index (χ0v) is 12.7. The second-order valence-corrected chi connectivity index (χ2v) is 5.28. The van der Waals surface area contributed by atoms with Gasteiger partial charge in [0.2, 0.25) is 11.8 Å². The first-order valence-electron chi connectivity index (χ1n) is 6.99. The summed E-state index contributed by atoms with van der Waals surface area (Å²) in [6.45, 7) is 6.48. The summed E-state index contributed by atoms with van der Waals surface area (Å²) in [5.41, 5.74) is 1.23. The van der Waals surface area contributed by atoms with Gasteiger partial charge in [0.25, 0.3) is 0 Å². The number of benzene rings is 1. The first-order chi connectivity index (χ1) is 9.93. The molecule has 5 heteroatoms. The Labute approximate surface area is 125 Å². The molecule has 0 aliphatic heterocycles. The number of nitrogens with zero attached hydrogens (tertiary/aromatic N) is 2. The van der Waals surface area contributed by atoms with Crippen LogP contribution in [0.3, 0.4) is 0 Å². The molecule has 0 aromatic heterocycles. The van der Waals surface area contributed by atoms with Crippen molar-refractivity contribution in [2.45, 2.75) is 27.2 Å². The fourth-order valence-corrected chi connectivity index (χ4v) is 1.80. The van der Waals surface area contributed by atoms with Crippen LogP contribution in [0.1, 0.15) is 32.8 Å². The molecule has 0 saturated heterocycles. The van der Waals surface area contributed by atoms with E-state index in [9.17, 15) is 9.59 Å². The number of rotatable bonds is 6. The highest BCUT2D eigenvalue weighted by atomic mass is 16.2. The maximum absolute atomic E-state index is 11.7. The molecule has 1 aromatic carbocycles. The van der Waals surface area contributed by atoms with E-state index in [4.69, 9.17) is 5.26 Å². The van der Waals surface area contributed by atoms with E-state index >= 15 is 0 Å². The van der Waals surface area contributed by atoms with Crippen molar-refractivity contribution < 1.29 is 9.59 Å². The van der Waals surface area contributed by atoms with E-state index in [2.05, 4.69) is 5.32 Å². The summed E-state index contributed by atoms with van der Waals surface area (Å²) in [6, 6.07) is 8.77. The van der Waals surface area contributed by atoms with E-state index in [0.717, 1.165) is 0 Å². The standard InChI is InChI=1S/C16H21N3O2/c1-12(2)11-18-16(21)8-9-19(13(3)20)15-6-4-14(10-17)5-7-15/h4-7,12H,8-9,11H2,1-3H3,(H,18,21). The number of hydrogen-bond acceptors (Lipinski definition) is 3. The van der Waals surface area contributed by atoms with Crippen LogP contribution in [0.25, 0.3) is 0 Å². The van der Waals surface area contributed by atoms with Crippen LogP contribution in [-0.4, -0.2) is 24.9 Å². The second-order valence-electron chi connectivity index (χ2n) is 5.28. The topological polar surface area (TPSA) is 73.2 Å². The molecule has 1 N–H and O–H groups in total. The van der Waals surface area contributed by atoms with E-state index in [1.807, 2.05) is 19.9 Å². The van der Waals surface area contributed by atoms with Gasteiger partial charge in [0.05, 0.1) is 11.6 Å². The Morgan fingerprint density at radius 1 is 1.29 bits per heavy atom. The minimum absolute atomic E-state index is 0.0661. The van der Waals surface area contributed by atoms with Gasteiger partial charge in [0, 0.05) is 32.1 Å². The smallest absolute Gasteiger partial charge is 0.223 e. The monoisotopic (exact) mass is 287 g/mol. The largest absolute Gasteiger partial charge is 0.356 e. The molecule has 0 aliphatic rings. The lowest BCUT2D eigenvalue weighted by atomic mass is 10.2. The van der Waals surface area contributed by atoms with Crippen molar-refractivity contribution in [2.24, 2.45) is 5.92 Å². The number of nitrogens with one attached hydrogen (secondary N) is 1. The van der Waals surface area contributed by atoms with Crippen LogP contribution in [0.4, 0.5) is 5.69 Å². The predicted molar refractivity (Wildman–Crippen MR) is 81.6 cm³/mol. The van der Waals surface area contributed by atoms with E-state index in [-0.39, 0.29) is 18.2 Å². The Hall–Kier alpha value is -2.35. The van der Waals surface area contributed by atoms with Crippen LogP contribution < -0.4 is 10.2 Å². The van der Waals surface area contributed by atoms with Crippen LogP contribution in [-0.2, 0) is 9.59 Å². The van der Waals surface area contributed by atoms with Gasteiger partial charge in [-0.1, -0.05) is 13.8 Å². The number of anilines is 1. The lowest BCUT2D eigenvalue weighted by molar-refractivity contribution is -0.121. The zero-order chi connectivity index (χ0) is 15.8. The van der Waals surface area contributed by atoms with Crippen molar-refractivity contribution in [3.8, 4) is 6.07 Å². The third kappa shape index (κ3) is 5.65. The van der Waals surface area contributed by atoms with Gasteiger partial charge in [-0.15, -0.1) is 0 Å². The number of nitriles is 1. The number of hydrogen-bond donors (Lipinski definition) is 1. The van der Waals surface area contributed by atoms with Crippen molar-refractivity contribution in [3.63, 3.8) is 0 Å². The van der Waals surface area contributed by atoms with Crippen molar-refractivity contribution in [3.05, 3.63) is 29.8 Å². The van der Waals surface area contributed by atoms with Crippen LogP contribution in [0.5, 0.6) is 0 Å². The highest BCUT2D eigenvalue weighted by Crippen LogP contribution is 2.15. The van der Waals surface area contributed by atoms with Gasteiger partial charge < -0.3 is 10.2 Å². The Bertz CT molecular complexity index is 529. The molecule has 1 aromatic rings. The van der Waals surface area contributed by atoms with Gasteiger partial charge in [0.1, 0.15) is 0 Å². The summed E-state index contributed by atoms with van der Waals surface area (Å²) < 4.78 is 0. The quantitative estimate of drug-likeness (QED) is 0.870. The molecule has 0 spiro atoms. The minimum atomic E-state index is -0.128. The van der Waals surface area contributed by atoms with Gasteiger partial charge in [0.15, 0.2) is 0 Å². The molecular formula is C16H21N3O2.